The third-order valence-electron chi connectivity index (χ3n) is 1.50. The van der Waals surface area contributed by atoms with Gasteiger partial charge in [0.15, 0.2) is 0 Å². The third kappa shape index (κ3) is 2.29. The standard InChI is InChI=1S/C8H11NO2.ClH/c1-5(9)7-4-6(10)2-3-8(7)11;/h2-5,10-11H,9H2,1H3;1H/t5-;/m0./s1. The van der Waals surface area contributed by atoms with Gasteiger partial charge in [0.1, 0.15) is 11.5 Å². The fourth-order valence-corrected chi connectivity index (χ4v) is 0.907. The van der Waals surface area contributed by atoms with E-state index in [2.05, 4.69) is 0 Å². The first kappa shape index (κ1) is 11.1. The number of benzene rings is 1. The Morgan fingerprint density at radius 2 is 1.92 bits per heavy atom. The second kappa shape index (κ2) is 4.18. The molecule has 0 heterocycles. The van der Waals surface area contributed by atoms with Gasteiger partial charge in [-0.3, -0.25) is 0 Å². The van der Waals surface area contributed by atoms with Crippen molar-refractivity contribution >= 4 is 12.4 Å². The molecule has 0 bridgehead atoms. The van der Waals surface area contributed by atoms with E-state index in [0.29, 0.717) is 5.56 Å². The molecule has 0 unspecified atom stereocenters. The molecule has 0 spiro atoms. The molecule has 0 aliphatic heterocycles. The lowest BCUT2D eigenvalue weighted by Crippen LogP contribution is -2.04. The minimum Gasteiger partial charge on any atom is -0.508 e. The van der Waals surface area contributed by atoms with Crippen LogP contribution in [0.25, 0.3) is 0 Å². The van der Waals surface area contributed by atoms with Crippen molar-refractivity contribution in [2.75, 3.05) is 0 Å². The van der Waals surface area contributed by atoms with Crippen LogP contribution in [0.2, 0.25) is 0 Å². The van der Waals surface area contributed by atoms with E-state index in [9.17, 15) is 5.11 Å². The molecule has 0 saturated carbocycles. The van der Waals surface area contributed by atoms with Crippen LogP contribution >= 0.6 is 12.4 Å². The molecule has 0 saturated heterocycles. The summed E-state index contributed by atoms with van der Waals surface area (Å²) in [4.78, 5) is 0. The van der Waals surface area contributed by atoms with Gasteiger partial charge in [0.05, 0.1) is 0 Å². The van der Waals surface area contributed by atoms with E-state index in [-0.39, 0.29) is 29.9 Å². The first-order chi connectivity index (χ1) is 5.11. The Hall–Kier alpha value is -0.930. The quantitative estimate of drug-likeness (QED) is 0.587. The van der Waals surface area contributed by atoms with Crippen molar-refractivity contribution in [3.8, 4) is 11.5 Å². The molecule has 68 valence electrons. The average molecular weight is 190 g/mol. The highest BCUT2D eigenvalue weighted by Crippen LogP contribution is 2.25. The largest absolute Gasteiger partial charge is 0.508 e. The summed E-state index contributed by atoms with van der Waals surface area (Å²) in [6, 6.07) is 4.04. The lowest BCUT2D eigenvalue weighted by molar-refractivity contribution is 0.450. The molecule has 4 N–H and O–H groups in total. The summed E-state index contributed by atoms with van der Waals surface area (Å²) >= 11 is 0. The van der Waals surface area contributed by atoms with E-state index in [1.165, 1.54) is 18.2 Å². The van der Waals surface area contributed by atoms with E-state index in [0.717, 1.165) is 0 Å². The lowest BCUT2D eigenvalue weighted by Gasteiger charge is -2.07. The SMILES string of the molecule is C[C@H](N)c1cc(O)ccc1O.Cl. The molecule has 0 aromatic heterocycles. The van der Waals surface area contributed by atoms with Gasteiger partial charge < -0.3 is 15.9 Å². The van der Waals surface area contributed by atoms with Gasteiger partial charge in [0, 0.05) is 11.6 Å². The molecule has 0 aliphatic carbocycles. The molecule has 0 aliphatic rings. The third-order valence-corrected chi connectivity index (χ3v) is 1.50. The van der Waals surface area contributed by atoms with Crippen LogP contribution in [0.5, 0.6) is 11.5 Å². The Labute approximate surface area is 77.2 Å². The van der Waals surface area contributed by atoms with E-state index in [1.54, 1.807) is 6.92 Å². The van der Waals surface area contributed by atoms with Crippen molar-refractivity contribution in [2.45, 2.75) is 13.0 Å². The van der Waals surface area contributed by atoms with Gasteiger partial charge in [-0.15, -0.1) is 12.4 Å². The fraction of sp³-hybridized carbons (Fsp3) is 0.250. The van der Waals surface area contributed by atoms with Crippen LogP contribution in [-0.4, -0.2) is 10.2 Å². The molecule has 0 radical (unpaired) electrons. The van der Waals surface area contributed by atoms with Crippen molar-refractivity contribution < 1.29 is 10.2 Å². The van der Waals surface area contributed by atoms with Crippen molar-refractivity contribution in [1.82, 2.24) is 0 Å². The first-order valence-corrected chi connectivity index (χ1v) is 3.38. The van der Waals surface area contributed by atoms with Gasteiger partial charge in [0.2, 0.25) is 0 Å². The minimum atomic E-state index is -0.262. The Bertz CT molecular complexity index is 263. The van der Waals surface area contributed by atoms with Gasteiger partial charge in [0.25, 0.3) is 0 Å². The Morgan fingerprint density at radius 3 is 2.33 bits per heavy atom. The van der Waals surface area contributed by atoms with E-state index in [4.69, 9.17) is 10.8 Å². The maximum Gasteiger partial charge on any atom is 0.120 e. The van der Waals surface area contributed by atoms with Crippen molar-refractivity contribution in [3.05, 3.63) is 23.8 Å². The monoisotopic (exact) mass is 189 g/mol. The summed E-state index contributed by atoms with van der Waals surface area (Å²) in [5.41, 5.74) is 6.07. The summed E-state index contributed by atoms with van der Waals surface area (Å²) in [7, 11) is 0. The summed E-state index contributed by atoms with van der Waals surface area (Å²) in [5, 5.41) is 18.2. The van der Waals surface area contributed by atoms with Crippen LogP contribution in [0.4, 0.5) is 0 Å². The number of hydrogen-bond acceptors (Lipinski definition) is 3. The van der Waals surface area contributed by atoms with Gasteiger partial charge >= 0.3 is 0 Å². The smallest absolute Gasteiger partial charge is 0.120 e. The number of rotatable bonds is 1. The number of halogens is 1. The van der Waals surface area contributed by atoms with Crippen LogP contribution in [-0.2, 0) is 0 Å². The van der Waals surface area contributed by atoms with E-state index < -0.39 is 0 Å². The number of hydrogen-bond donors (Lipinski definition) is 3. The van der Waals surface area contributed by atoms with Crippen molar-refractivity contribution in [2.24, 2.45) is 5.73 Å². The molecular weight excluding hydrogens is 178 g/mol. The Morgan fingerprint density at radius 1 is 1.33 bits per heavy atom. The molecule has 1 aromatic carbocycles. The summed E-state index contributed by atoms with van der Waals surface area (Å²) < 4.78 is 0. The highest BCUT2D eigenvalue weighted by Gasteiger charge is 2.05. The minimum absolute atomic E-state index is 0. The van der Waals surface area contributed by atoms with Gasteiger partial charge in [-0.1, -0.05) is 0 Å². The second-order valence-electron chi connectivity index (χ2n) is 2.53. The van der Waals surface area contributed by atoms with Crippen LogP contribution in [0.15, 0.2) is 18.2 Å². The maximum atomic E-state index is 9.21. The van der Waals surface area contributed by atoms with E-state index >= 15 is 0 Å². The molecule has 1 atom stereocenters. The first-order valence-electron chi connectivity index (χ1n) is 3.38. The molecule has 12 heavy (non-hydrogen) atoms. The average Bonchev–Trinajstić information content (AvgIpc) is 1.94. The highest BCUT2D eigenvalue weighted by molar-refractivity contribution is 5.85. The molecule has 1 aromatic rings. The van der Waals surface area contributed by atoms with Crippen LogP contribution in [0, 0.1) is 0 Å². The lowest BCUT2D eigenvalue weighted by atomic mass is 10.1. The number of aromatic hydroxyl groups is 2. The van der Waals surface area contributed by atoms with Crippen LogP contribution in [0.3, 0.4) is 0 Å². The van der Waals surface area contributed by atoms with Crippen molar-refractivity contribution in [1.29, 1.82) is 0 Å². The molecule has 0 amide bonds. The zero-order valence-corrected chi connectivity index (χ0v) is 7.51. The Balaban J connectivity index is 0.00000121. The van der Waals surface area contributed by atoms with Gasteiger partial charge in [-0.05, 0) is 25.1 Å². The van der Waals surface area contributed by atoms with E-state index in [1.807, 2.05) is 0 Å². The summed E-state index contributed by atoms with van der Waals surface area (Å²) in [5.74, 6) is 0.243. The fourth-order valence-electron chi connectivity index (χ4n) is 0.907. The topological polar surface area (TPSA) is 66.5 Å². The maximum absolute atomic E-state index is 9.21. The Kier molecular flexibility index (Phi) is 3.86. The number of nitrogens with two attached hydrogens (primary N) is 1. The molecule has 1 rings (SSSR count). The molecular formula is C8H12ClNO2. The normalized spacial score (nSPS) is 11.8. The van der Waals surface area contributed by atoms with Crippen LogP contribution < -0.4 is 5.73 Å². The predicted octanol–water partition coefficient (Wildman–Crippen LogP) is 1.54. The number of phenolic OH excluding ortho intramolecular Hbond substituents is 2. The zero-order chi connectivity index (χ0) is 8.43. The summed E-state index contributed by atoms with van der Waals surface area (Å²) in [6.07, 6.45) is 0. The van der Waals surface area contributed by atoms with Crippen LogP contribution in [0.1, 0.15) is 18.5 Å². The molecule has 4 heteroatoms. The molecule has 3 nitrogen and oxygen atoms in total. The highest BCUT2D eigenvalue weighted by atomic mass is 35.5. The molecule has 0 fully saturated rings. The summed E-state index contributed by atoms with van der Waals surface area (Å²) in [6.45, 7) is 1.74. The van der Waals surface area contributed by atoms with Gasteiger partial charge in [-0.25, -0.2) is 0 Å². The zero-order valence-electron chi connectivity index (χ0n) is 6.69. The second-order valence-corrected chi connectivity index (χ2v) is 2.53. The van der Waals surface area contributed by atoms with Crippen molar-refractivity contribution in [3.63, 3.8) is 0 Å². The predicted molar refractivity (Wildman–Crippen MR) is 49.6 cm³/mol. The number of phenols is 2. The van der Waals surface area contributed by atoms with Gasteiger partial charge in [-0.2, -0.15) is 0 Å².